The molecule has 0 aliphatic carbocycles. The Kier molecular flexibility index (Phi) is 7.21. The maximum Gasteiger partial charge on any atom is 0.324 e. The molecule has 2 heterocycles. The van der Waals surface area contributed by atoms with Crippen molar-refractivity contribution in [2.75, 3.05) is 44.2 Å². The van der Waals surface area contributed by atoms with Crippen molar-refractivity contribution < 1.29 is 22.7 Å². The lowest BCUT2D eigenvalue weighted by molar-refractivity contribution is -0.154. The molecule has 10 heteroatoms. The lowest BCUT2D eigenvalue weighted by Crippen LogP contribution is -2.50. The molecule has 0 spiro atoms. The first-order valence-corrected chi connectivity index (χ1v) is 12.7. The Hall–Kier alpha value is -2.62. The van der Waals surface area contributed by atoms with Crippen LogP contribution in [0.2, 0.25) is 5.02 Å². The Labute approximate surface area is 198 Å². The fraction of sp³-hybridized carbons (Fsp3) is 0.391. The van der Waals surface area contributed by atoms with E-state index in [2.05, 4.69) is 4.90 Å². The highest BCUT2D eigenvalue weighted by atomic mass is 35.5. The molecule has 1 amide bonds. The third-order valence-corrected chi connectivity index (χ3v) is 8.16. The number of benzene rings is 2. The van der Waals surface area contributed by atoms with Gasteiger partial charge in [-0.3, -0.25) is 9.59 Å². The first-order valence-electron chi connectivity index (χ1n) is 10.9. The third kappa shape index (κ3) is 5.31. The zero-order chi connectivity index (χ0) is 23.4. The average molecular weight is 492 g/mol. The number of sulfonamides is 1. The van der Waals surface area contributed by atoms with Gasteiger partial charge in [-0.15, -0.1) is 0 Å². The summed E-state index contributed by atoms with van der Waals surface area (Å²) >= 11 is 5.85. The van der Waals surface area contributed by atoms with E-state index in [1.165, 1.54) is 24.3 Å². The number of halogens is 1. The van der Waals surface area contributed by atoms with Crippen LogP contribution in [0.5, 0.6) is 0 Å². The fourth-order valence-electron chi connectivity index (χ4n) is 4.18. The van der Waals surface area contributed by atoms with Crippen molar-refractivity contribution in [3.63, 3.8) is 0 Å². The Morgan fingerprint density at radius 3 is 2.27 bits per heavy atom. The second-order valence-electron chi connectivity index (χ2n) is 8.04. The van der Waals surface area contributed by atoms with Gasteiger partial charge in [-0.25, -0.2) is 8.42 Å². The van der Waals surface area contributed by atoms with Crippen LogP contribution in [0.25, 0.3) is 0 Å². The summed E-state index contributed by atoms with van der Waals surface area (Å²) in [6, 6.07) is 14.9. The third-order valence-electron chi connectivity index (χ3n) is 5.99. The Morgan fingerprint density at radius 2 is 1.61 bits per heavy atom. The second-order valence-corrected chi connectivity index (χ2v) is 10.4. The minimum absolute atomic E-state index is 0.0685. The van der Waals surface area contributed by atoms with Gasteiger partial charge >= 0.3 is 5.97 Å². The number of amides is 1. The van der Waals surface area contributed by atoms with Crippen LogP contribution >= 0.6 is 11.6 Å². The van der Waals surface area contributed by atoms with Crippen molar-refractivity contribution in [2.24, 2.45) is 0 Å². The summed E-state index contributed by atoms with van der Waals surface area (Å²) in [5.41, 5.74) is 1.11. The maximum atomic E-state index is 13.0. The van der Waals surface area contributed by atoms with Gasteiger partial charge in [-0.2, -0.15) is 4.31 Å². The van der Waals surface area contributed by atoms with Crippen LogP contribution in [-0.4, -0.2) is 74.9 Å². The molecule has 8 nitrogen and oxygen atoms in total. The molecule has 0 radical (unpaired) electrons. The topological polar surface area (TPSA) is 87.2 Å². The van der Waals surface area contributed by atoms with E-state index < -0.39 is 28.6 Å². The molecule has 2 aromatic carbocycles. The molecular weight excluding hydrogens is 466 g/mol. The summed E-state index contributed by atoms with van der Waals surface area (Å²) in [6.45, 7) is 2.28. The van der Waals surface area contributed by atoms with Gasteiger partial charge in [0.15, 0.2) is 6.61 Å². The van der Waals surface area contributed by atoms with Crippen LogP contribution in [-0.2, 0) is 24.3 Å². The van der Waals surface area contributed by atoms with Crippen LogP contribution in [0.15, 0.2) is 59.5 Å². The first kappa shape index (κ1) is 23.5. The minimum Gasteiger partial charge on any atom is -0.454 e. The zero-order valence-corrected chi connectivity index (χ0v) is 19.7. The standard InChI is InChI=1S/C23H26ClN3O5S/c24-18-8-10-20(11-9-18)33(30,31)27-12-4-7-21(27)23(29)32-17-22(28)26-15-13-25(14-16-26)19-5-2-1-3-6-19/h1-3,5-6,8-11,21H,4,7,12-17H2. The number of hydrogen-bond acceptors (Lipinski definition) is 6. The van der Waals surface area contributed by atoms with Crippen molar-refractivity contribution >= 4 is 39.2 Å². The van der Waals surface area contributed by atoms with E-state index in [-0.39, 0.29) is 17.3 Å². The number of hydrogen-bond donors (Lipinski definition) is 0. The number of carbonyl (C=O) groups excluding carboxylic acids is 2. The van der Waals surface area contributed by atoms with Gasteiger partial charge in [0.25, 0.3) is 5.91 Å². The van der Waals surface area contributed by atoms with Gasteiger partial charge in [-0.05, 0) is 49.2 Å². The largest absolute Gasteiger partial charge is 0.454 e. The van der Waals surface area contributed by atoms with E-state index in [9.17, 15) is 18.0 Å². The number of anilines is 1. The molecule has 0 aromatic heterocycles. The van der Waals surface area contributed by atoms with E-state index in [0.29, 0.717) is 44.0 Å². The number of piperazine rings is 1. The van der Waals surface area contributed by atoms with E-state index >= 15 is 0 Å². The summed E-state index contributed by atoms with van der Waals surface area (Å²) in [5, 5.41) is 0.425. The molecule has 0 saturated carbocycles. The lowest BCUT2D eigenvalue weighted by atomic mass is 10.2. The number of esters is 1. The molecule has 2 saturated heterocycles. The average Bonchev–Trinajstić information content (AvgIpc) is 3.34. The Balaban J connectivity index is 1.31. The Bertz CT molecular complexity index is 1090. The molecule has 0 bridgehead atoms. The van der Waals surface area contributed by atoms with Gasteiger partial charge in [0.2, 0.25) is 10.0 Å². The van der Waals surface area contributed by atoms with Crippen LogP contribution < -0.4 is 4.90 Å². The molecule has 2 aliphatic rings. The number of ether oxygens (including phenoxy) is 1. The number of para-hydroxylation sites is 1. The van der Waals surface area contributed by atoms with E-state index in [4.69, 9.17) is 16.3 Å². The molecule has 2 fully saturated rings. The number of rotatable bonds is 6. The Morgan fingerprint density at radius 1 is 0.939 bits per heavy atom. The van der Waals surface area contributed by atoms with E-state index in [0.717, 1.165) is 9.99 Å². The molecular formula is C23H26ClN3O5S. The maximum absolute atomic E-state index is 13.0. The summed E-state index contributed by atoms with van der Waals surface area (Å²) in [4.78, 5) is 29.2. The van der Waals surface area contributed by atoms with Crippen molar-refractivity contribution in [3.05, 3.63) is 59.6 Å². The molecule has 1 atom stereocenters. The van der Waals surface area contributed by atoms with Crippen molar-refractivity contribution in [1.29, 1.82) is 0 Å². The normalized spacial score (nSPS) is 19.5. The van der Waals surface area contributed by atoms with Gasteiger partial charge in [0.05, 0.1) is 4.90 Å². The van der Waals surface area contributed by atoms with E-state index in [1.54, 1.807) is 4.90 Å². The van der Waals surface area contributed by atoms with Crippen molar-refractivity contribution in [1.82, 2.24) is 9.21 Å². The molecule has 33 heavy (non-hydrogen) atoms. The zero-order valence-electron chi connectivity index (χ0n) is 18.1. The van der Waals surface area contributed by atoms with Gasteiger partial charge in [-0.1, -0.05) is 29.8 Å². The lowest BCUT2D eigenvalue weighted by Gasteiger charge is -2.36. The molecule has 2 aliphatic heterocycles. The van der Waals surface area contributed by atoms with Crippen LogP contribution in [0, 0.1) is 0 Å². The molecule has 0 N–H and O–H groups in total. The monoisotopic (exact) mass is 491 g/mol. The van der Waals surface area contributed by atoms with Gasteiger partial charge in [0.1, 0.15) is 6.04 Å². The van der Waals surface area contributed by atoms with Gasteiger partial charge in [0, 0.05) is 43.4 Å². The highest BCUT2D eigenvalue weighted by Gasteiger charge is 2.40. The smallest absolute Gasteiger partial charge is 0.324 e. The highest BCUT2D eigenvalue weighted by molar-refractivity contribution is 7.89. The predicted octanol–water partition coefficient (Wildman–Crippen LogP) is 2.39. The van der Waals surface area contributed by atoms with E-state index in [1.807, 2.05) is 30.3 Å². The van der Waals surface area contributed by atoms with Crippen LogP contribution in [0.3, 0.4) is 0 Å². The minimum atomic E-state index is -3.87. The highest BCUT2D eigenvalue weighted by Crippen LogP contribution is 2.27. The van der Waals surface area contributed by atoms with Crippen molar-refractivity contribution in [2.45, 2.75) is 23.8 Å². The summed E-state index contributed by atoms with van der Waals surface area (Å²) in [5.74, 6) is -0.970. The van der Waals surface area contributed by atoms with Gasteiger partial charge < -0.3 is 14.5 Å². The molecule has 4 rings (SSSR count). The quantitative estimate of drug-likeness (QED) is 0.577. The SMILES string of the molecule is O=C(OCC(=O)N1CCN(c2ccccc2)CC1)C1CCCN1S(=O)(=O)c1ccc(Cl)cc1. The summed E-state index contributed by atoms with van der Waals surface area (Å²) in [6.07, 6.45) is 0.900. The molecule has 176 valence electrons. The second kappa shape index (κ2) is 10.1. The molecule has 1 unspecified atom stereocenters. The van der Waals surface area contributed by atoms with Crippen molar-refractivity contribution in [3.8, 4) is 0 Å². The summed E-state index contributed by atoms with van der Waals surface area (Å²) in [7, 11) is -3.87. The summed E-state index contributed by atoms with van der Waals surface area (Å²) < 4.78 is 32.4. The first-order chi connectivity index (χ1) is 15.9. The van der Waals surface area contributed by atoms with Crippen LogP contribution in [0.1, 0.15) is 12.8 Å². The van der Waals surface area contributed by atoms with Crippen LogP contribution in [0.4, 0.5) is 5.69 Å². The fourth-order valence-corrected chi connectivity index (χ4v) is 5.95. The molecule has 2 aromatic rings. The number of nitrogens with zero attached hydrogens (tertiary/aromatic N) is 3. The predicted molar refractivity (Wildman–Crippen MR) is 125 cm³/mol. The number of carbonyl (C=O) groups is 2.